The third kappa shape index (κ3) is 2.76. The first-order chi connectivity index (χ1) is 6.02. The molecule has 1 atom stereocenters. The quantitative estimate of drug-likeness (QED) is 0.596. The Morgan fingerprint density at radius 2 is 2.15 bits per heavy atom. The Hall–Kier alpha value is 0.0700. The maximum absolute atomic E-state index is 12.8. The van der Waals surface area contributed by atoms with Gasteiger partial charge in [0.05, 0.1) is 4.47 Å². The van der Waals surface area contributed by atoms with E-state index >= 15 is 0 Å². The van der Waals surface area contributed by atoms with Gasteiger partial charge in [-0.25, -0.2) is 4.39 Å². The molecular formula is C8H4Br2ClFO. The van der Waals surface area contributed by atoms with Crippen molar-refractivity contribution in [1.29, 1.82) is 0 Å². The van der Waals surface area contributed by atoms with Crippen molar-refractivity contribution < 1.29 is 9.18 Å². The van der Waals surface area contributed by atoms with Gasteiger partial charge in [-0.15, -0.1) is 11.6 Å². The van der Waals surface area contributed by atoms with Crippen LogP contribution in [0.4, 0.5) is 4.39 Å². The number of rotatable bonds is 2. The molecule has 0 spiro atoms. The molecule has 1 rings (SSSR count). The van der Waals surface area contributed by atoms with Crippen LogP contribution in [0.25, 0.3) is 0 Å². The molecule has 0 aliphatic carbocycles. The zero-order valence-electron chi connectivity index (χ0n) is 6.23. The average Bonchev–Trinajstić information content (AvgIpc) is 2.08. The summed E-state index contributed by atoms with van der Waals surface area (Å²) in [6.07, 6.45) is 0. The van der Waals surface area contributed by atoms with Crippen molar-refractivity contribution in [2.24, 2.45) is 0 Å². The smallest absolute Gasteiger partial charge is 0.191 e. The number of alkyl halides is 2. The summed E-state index contributed by atoms with van der Waals surface area (Å²) in [5, 5.41) is 0. The molecule has 0 aliphatic heterocycles. The van der Waals surface area contributed by atoms with E-state index in [2.05, 4.69) is 31.9 Å². The highest BCUT2D eigenvalue weighted by molar-refractivity contribution is 9.10. The van der Waals surface area contributed by atoms with E-state index in [0.29, 0.717) is 5.56 Å². The Morgan fingerprint density at radius 3 is 2.62 bits per heavy atom. The Balaban J connectivity index is 3.04. The second-order valence-corrected chi connectivity index (χ2v) is 5.03. The lowest BCUT2D eigenvalue weighted by atomic mass is 10.1. The lowest BCUT2D eigenvalue weighted by Crippen LogP contribution is -2.07. The Morgan fingerprint density at radius 1 is 1.54 bits per heavy atom. The third-order valence-corrected chi connectivity index (χ3v) is 2.62. The van der Waals surface area contributed by atoms with Crippen LogP contribution in [0.2, 0.25) is 0 Å². The van der Waals surface area contributed by atoms with Gasteiger partial charge in [0.1, 0.15) is 5.82 Å². The molecule has 70 valence electrons. The van der Waals surface area contributed by atoms with Crippen LogP contribution in [-0.4, -0.2) is 10.1 Å². The lowest BCUT2D eigenvalue weighted by Gasteiger charge is -2.01. The van der Waals surface area contributed by atoms with E-state index in [1.807, 2.05) is 0 Å². The SMILES string of the molecule is O=C(c1ccc(F)c(Br)c1)C(Cl)Br. The summed E-state index contributed by atoms with van der Waals surface area (Å²) < 4.78 is 12.2. The maximum atomic E-state index is 12.8. The highest BCUT2D eigenvalue weighted by atomic mass is 79.9. The van der Waals surface area contributed by atoms with Crippen molar-refractivity contribution in [3.63, 3.8) is 0 Å². The van der Waals surface area contributed by atoms with Crippen LogP contribution in [-0.2, 0) is 0 Å². The number of Topliss-reactive ketones (excluding diaryl/α,β-unsaturated/α-hetero) is 1. The molecule has 0 aliphatic rings. The zero-order chi connectivity index (χ0) is 10.0. The molecule has 0 saturated carbocycles. The van der Waals surface area contributed by atoms with Crippen molar-refractivity contribution in [3.8, 4) is 0 Å². The van der Waals surface area contributed by atoms with Crippen LogP contribution in [0, 0.1) is 5.82 Å². The topological polar surface area (TPSA) is 17.1 Å². The predicted octanol–water partition coefficient (Wildman–Crippen LogP) is 3.73. The molecule has 13 heavy (non-hydrogen) atoms. The minimum atomic E-state index is -0.773. The van der Waals surface area contributed by atoms with Gasteiger partial charge >= 0.3 is 0 Å². The number of carbonyl (C=O) groups excluding carboxylic acids is 1. The molecule has 1 unspecified atom stereocenters. The fraction of sp³-hybridized carbons (Fsp3) is 0.125. The summed E-state index contributed by atoms with van der Waals surface area (Å²) >= 11 is 11.4. The monoisotopic (exact) mass is 328 g/mol. The molecule has 1 aromatic carbocycles. The fourth-order valence-electron chi connectivity index (χ4n) is 0.775. The second kappa shape index (κ2) is 4.53. The lowest BCUT2D eigenvalue weighted by molar-refractivity contribution is 0.101. The minimum Gasteiger partial charge on any atom is -0.292 e. The molecule has 0 bridgehead atoms. The van der Waals surface area contributed by atoms with Crippen LogP contribution in [0.5, 0.6) is 0 Å². The van der Waals surface area contributed by atoms with Gasteiger partial charge in [-0.1, -0.05) is 15.9 Å². The second-order valence-electron chi connectivity index (χ2n) is 2.29. The molecule has 0 heterocycles. The fourth-order valence-corrected chi connectivity index (χ4v) is 1.54. The highest BCUT2D eigenvalue weighted by Crippen LogP contribution is 2.20. The van der Waals surface area contributed by atoms with Crippen LogP contribution in [0.15, 0.2) is 22.7 Å². The highest BCUT2D eigenvalue weighted by Gasteiger charge is 2.14. The van der Waals surface area contributed by atoms with E-state index in [0.717, 1.165) is 0 Å². The predicted molar refractivity (Wildman–Crippen MR) is 57.0 cm³/mol. The van der Waals surface area contributed by atoms with Crippen LogP contribution < -0.4 is 0 Å². The van der Waals surface area contributed by atoms with E-state index in [-0.39, 0.29) is 10.3 Å². The summed E-state index contributed by atoms with van der Waals surface area (Å²) in [7, 11) is 0. The Bertz CT molecular complexity index is 341. The van der Waals surface area contributed by atoms with Crippen molar-refractivity contribution in [3.05, 3.63) is 34.1 Å². The number of hydrogen-bond donors (Lipinski definition) is 0. The Labute approximate surface area is 96.5 Å². The van der Waals surface area contributed by atoms with E-state index < -0.39 is 10.1 Å². The first-order valence-electron chi connectivity index (χ1n) is 3.30. The summed E-state index contributed by atoms with van der Waals surface area (Å²) in [5.41, 5.74) is 0.366. The molecule has 0 N–H and O–H groups in total. The molecule has 0 saturated heterocycles. The van der Waals surface area contributed by atoms with Gasteiger partial charge < -0.3 is 0 Å². The van der Waals surface area contributed by atoms with Crippen molar-refractivity contribution in [2.45, 2.75) is 4.29 Å². The third-order valence-electron chi connectivity index (χ3n) is 1.40. The summed E-state index contributed by atoms with van der Waals surface area (Å²) in [4.78, 5) is 11.3. The first kappa shape index (κ1) is 11.1. The number of carbonyl (C=O) groups is 1. The van der Waals surface area contributed by atoms with Gasteiger partial charge in [0.25, 0.3) is 0 Å². The summed E-state index contributed by atoms with van der Waals surface area (Å²) in [6.45, 7) is 0. The maximum Gasteiger partial charge on any atom is 0.191 e. The number of ketones is 1. The van der Waals surface area contributed by atoms with Gasteiger partial charge in [0.15, 0.2) is 10.1 Å². The minimum absolute atomic E-state index is 0.253. The van der Waals surface area contributed by atoms with E-state index in [1.54, 1.807) is 0 Å². The van der Waals surface area contributed by atoms with Crippen LogP contribution >= 0.6 is 43.5 Å². The van der Waals surface area contributed by atoms with Gasteiger partial charge in [0, 0.05) is 5.56 Å². The molecule has 0 radical (unpaired) electrons. The van der Waals surface area contributed by atoms with Gasteiger partial charge in [-0.2, -0.15) is 0 Å². The van der Waals surface area contributed by atoms with E-state index in [1.165, 1.54) is 18.2 Å². The van der Waals surface area contributed by atoms with Gasteiger partial charge in [0.2, 0.25) is 0 Å². The summed E-state index contributed by atoms with van der Waals surface area (Å²) in [6, 6.07) is 4.00. The average molecular weight is 330 g/mol. The van der Waals surface area contributed by atoms with Crippen molar-refractivity contribution in [1.82, 2.24) is 0 Å². The largest absolute Gasteiger partial charge is 0.292 e. The van der Waals surface area contributed by atoms with E-state index in [9.17, 15) is 9.18 Å². The van der Waals surface area contributed by atoms with Gasteiger partial charge in [-0.05, 0) is 34.1 Å². The van der Waals surface area contributed by atoms with Gasteiger partial charge in [-0.3, -0.25) is 4.79 Å². The first-order valence-corrected chi connectivity index (χ1v) is 5.44. The molecule has 0 amide bonds. The molecule has 5 heteroatoms. The van der Waals surface area contributed by atoms with Crippen molar-refractivity contribution in [2.75, 3.05) is 0 Å². The normalized spacial score (nSPS) is 12.6. The molecule has 1 aromatic rings. The summed E-state index contributed by atoms with van der Waals surface area (Å²) in [5.74, 6) is -0.695. The van der Waals surface area contributed by atoms with Crippen LogP contribution in [0.1, 0.15) is 10.4 Å². The standard InChI is InChI=1S/C8H4Br2ClFO/c9-5-3-4(1-2-6(5)12)7(13)8(10)11/h1-3,8H. The zero-order valence-corrected chi connectivity index (χ0v) is 10.2. The molecule has 1 nitrogen and oxygen atoms in total. The molecular weight excluding hydrogens is 326 g/mol. The number of benzene rings is 1. The number of halogens is 4. The molecule has 0 aromatic heterocycles. The van der Waals surface area contributed by atoms with Crippen LogP contribution in [0.3, 0.4) is 0 Å². The van der Waals surface area contributed by atoms with Crippen molar-refractivity contribution >= 4 is 49.2 Å². The van der Waals surface area contributed by atoms with E-state index in [4.69, 9.17) is 11.6 Å². The number of hydrogen-bond acceptors (Lipinski definition) is 1. The Kier molecular flexibility index (Phi) is 3.88. The molecule has 0 fully saturated rings.